The van der Waals surface area contributed by atoms with E-state index in [1.807, 2.05) is 0 Å². The summed E-state index contributed by atoms with van der Waals surface area (Å²) in [4.78, 5) is 26.6. The first kappa shape index (κ1) is 17.9. The minimum atomic E-state index is -3.77. The van der Waals surface area contributed by atoms with Crippen molar-refractivity contribution in [2.24, 2.45) is 0 Å². The number of fused-ring (bicyclic) bond motifs is 2. The van der Waals surface area contributed by atoms with Crippen molar-refractivity contribution in [1.82, 2.24) is 4.31 Å². The Kier molecular flexibility index (Phi) is 4.36. The van der Waals surface area contributed by atoms with E-state index in [-0.39, 0.29) is 23.0 Å². The van der Waals surface area contributed by atoms with Gasteiger partial charge in [-0.05, 0) is 45.7 Å². The molecular weight excluding hydrogens is 344 g/mol. The number of esters is 1. The van der Waals surface area contributed by atoms with Gasteiger partial charge >= 0.3 is 5.97 Å². The van der Waals surface area contributed by atoms with Gasteiger partial charge in [-0.25, -0.2) is 8.42 Å². The second-order valence-corrected chi connectivity index (χ2v) is 9.11. The number of hydrogen-bond acceptors (Lipinski definition) is 5. The summed E-state index contributed by atoms with van der Waals surface area (Å²) in [5.41, 5.74) is -0.454. The largest absolute Gasteiger partial charge is 0.459 e. The van der Waals surface area contributed by atoms with E-state index in [1.165, 1.54) is 15.3 Å². The summed E-state index contributed by atoms with van der Waals surface area (Å²) in [5.74, 6) is -0.948. The van der Waals surface area contributed by atoms with Crippen LogP contribution in [0.5, 0.6) is 0 Å². The second-order valence-electron chi connectivity index (χ2n) is 7.25. The zero-order chi connectivity index (χ0) is 18.4. The normalized spacial score (nSPS) is 22.9. The fourth-order valence-corrected chi connectivity index (χ4v) is 5.11. The highest BCUT2D eigenvalue weighted by atomic mass is 32.2. The van der Waals surface area contributed by atoms with Crippen molar-refractivity contribution in [3.8, 4) is 0 Å². The van der Waals surface area contributed by atoms with Gasteiger partial charge in [0.15, 0.2) is 0 Å². The molecule has 0 spiro atoms. The van der Waals surface area contributed by atoms with Crippen molar-refractivity contribution < 1.29 is 22.7 Å². The number of sulfonamides is 1. The summed E-state index contributed by atoms with van der Waals surface area (Å²) in [7, 11) is -3.77. The van der Waals surface area contributed by atoms with Crippen LogP contribution >= 0.6 is 0 Å². The van der Waals surface area contributed by atoms with E-state index in [9.17, 15) is 18.0 Å². The maximum absolute atomic E-state index is 13.0. The van der Waals surface area contributed by atoms with Crippen LogP contribution in [0, 0.1) is 0 Å². The van der Waals surface area contributed by atoms with Crippen LogP contribution in [0.25, 0.3) is 0 Å². The molecule has 136 valence electrons. The molecule has 1 aromatic carbocycles. The van der Waals surface area contributed by atoms with Gasteiger partial charge in [0.1, 0.15) is 23.1 Å². The molecule has 1 atom stereocenters. The summed E-state index contributed by atoms with van der Waals surface area (Å²) < 4.78 is 32.4. The molecular formula is C17H22N2O5S. The third-order valence-corrected chi connectivity index (χ3v) is 6.16. The summed E-state index contributed by atoms with van der Waals surface area (Å²) in [6, 6.07) is 5.53. The van der Waals surface area contributed by atoms with Crippen LogP contribution in [0.1, 0.15) is 33.6 Å². The lowest BCUT2D eigenvalue weighted by Gasteiger charge is -2.26. The average molecular weight is 366 g/mol. The van der Waals surface area contributed by atoms with Crippen molar-refractivity contribution in [2.75, 3.05) is 18.0 Å². The molecule has 7 nitrogen and oxygen atoms in total. The van der Waals surface area contributed by atoms with Crippen LogP contribution in [0.3, 0.4) is 0 Å². The predicted molar refractivity (Wildman–Crippen MR) is 91.6 cm³/mol. The number of carbonyl (C=O) groups excluding carboxylic acids is 2. The molecule has 25 heavy (non-hydrogen) atoms. The van der Waals surface area contributed by atoms with Crippen LogP contribution in [-0.2, 0) is 24.3 Å². The molecule has 3 rings (SSSR count). The lowest BCUT2D eigenvalue weighted by molar-refractivity contribution is -0.153. The van der Waals surface area contributed by atoms with Crippen LogP contribution < -0.4 is 4.90 Å². The zero-order valence-corrected chi connectivity index (χ0v) is 15.4. The molecule has 0 unspecified atom stereocenters. The molecule has 1 fully saturated rings. The van der Waals surface area contributed by atoms with E-state index in [2.05, 4.69) is 0 Å². The molecule has 0 radical (unpaired) electrons. The van der Waals surface area contributed by atoms with Gasteiger partial charge in [-0.1, -0.05) is 12.1 Å². The highest BCUT2D eigenvalue weighted by Crippen LogP contribution is 2.37. The van der Waals surface area contributed by atoms with E-state index in [0.717, 1.165) is 0 Å². The Morgan fingerprint density at radius 1 is 1.28 bits per heavy atom. The number of carbonyl (C=O) groups is 2. The van der Waals surface area contributed by atoms with Gasteiger partial charge in [-0.15, -0.1) is 0 Å². The topological polar surface area (TPSA) is 84.0 Å². The number of nitrogens with zero attached hydrogens (tertiary/aromatic N) is 2. The van der Waals surface area contributed by atoms with E-state index in [1.54, 1.807) is 39.0 Å². The Hall–Kier alpha value is -1.93. The molecule has 0 aromatic heterocycles. The van der Waals surface area contributed by atoms with E-state index in [4.69, 9.17) is 4.74 Å². The molecule has 0 bridgehead atoms. The number of amides is 1. The van der Waals surface area contributed by atoms with Gasteiger partial charge in [0.25, 0.3) is 0 Å². The fourth-order valence-electron chi connectivity index (χ4n) is 3.26. The van der Waals surface area contributed by atoms with Gasteiger partial charge < -0.3 is 4.74 Å². The van der Waals surface area contributed by atoms with E-state index < -0.39 is 27.6 Å². The number of anilines is 1. The van der Waals surface area contributed by atoms with Crippen LogP contribution in [-0.4, -0.2) is 49.3 Å². The van der Waals surface area contributed by atoms with Crippen LogP contribution in [0.15, 0.2) is 29.2 Å². The van der Waals surface area contributed by atoms with Gasteiger partial charge in [0.2, 0.25) is 15.9 Å². The highest BCUT2D eigenvalue weighted by molar-refractivity contribution is 7.89. The Labute approximate surface area is 147 Å². The maximum Gasteiger partial charge on any atom is 0.326 e. The summed E-state index contributed by atoms with van der Waals surface area (Å²) >= 11 is 0. The molecule has 2 aliphatic heterocycles. The summed E-state index contributed by atoms with van der Waals surface area (Å²) in [5, 5.41) is 0. The Balaban J connectivity index is 2.05. The number of para-hydroxylation sites is 1. The minimum Gasteiger partial charge on any atom is -0.459 e. The summed E-state index contributed by atoms with van der Waals surface area (Å²) in [6.07, 6.45) is 1.08. The third-order valence-electron chi connectivity index (χ3n) is 4.20. The minimum absolute atomic E-state index is 0.0521. The Bertz CT molecular complexity index is 813. The number of benzene rings is 1. The average Bonchev–Trinajstić information content (AvgIpc) is 2.98. The smallest absolute Gasteiger partial charge is 0.326 e. The molecule has 0 N–H and O–H groups in total. The quantitative estimate of drug-likeness (QED) is 0.741. The zero-order valence-electron chi connectivity index (χ0n) is 14.6. The summed E-state index contributed by atoms with van der Waals surface area (Å²) in [6.45, 7) is 5.23. The Morgan fingerprint density at radius 3 is 2.64 bits per heavy atom. The monoisotopic (exact) mass is 366 g/mol. The predicted octanol–water partition coefficient (Wildman–Crippen LogP) is 1.53. The van der Waals surface area contributed by atoms with E-state index in [0.29, 0.717) is 19.4 Å². The first-order valence-electron chi connectivity index (χ1n) is 8.25. The molecule has 1 amide bonds. The molecule has 0 saturated carbocycles. The molecule has 2 heterocycles. The van der Waals surface area contributed by atoms with Gasteiger partial charge in [-0.2, -0.15) is 4.31 Å². The van der Waals surface area contributed by atoms with Crippen molar-refractivity contribution in [2.45, 2.75) is 50.2 Å². The standard InChI is InChI=1S/C17H22N2O5S/c1-17(2,3)24-15(20)11-18-12-7-4-5-9-14(12)25(22,23)19-10-6-8-13(19)16(18)21/h4-5,7,9,13H,6,8,10-11H2,1-3H3/t13-/m0/s1. The molecule has 2 aliphatic rings. The lowest BCUT2D eigenvalue weighted by Crippen LogP contribution is -2.47. The fraction of sp³-hybridized carbons (Fsp3) is 0.529. The van der Waals surface area contributed by atoms with Crippen molar-refractivity contribution in [3.63, 3.8) is 0 Å². The third kappa shape index (κ3) is 3.28. The van der Waals surface area contributed by atoms with E-state index >= 15 is 0 Å². The Morgan fingerprint density at radius 2 is 1.96 bits per heavy atom. The number of ether oxygens (including phenoxy) is 1. The van der Waals surface area contributed by atoms with Gasteiger partial charge in [0, 0.05) is 6.54 Å². The first-order valence-corrected chi connectivity index (χ1v) is 9.69. The number of rotatable bonds is 2. The molecule has 1 saturated heterocycles. The van der Waals surface area contributed by atoms with Crippen molar-refractivity contribution in [3.05, 3.63) is 24.3 Å². The highest BCUT2D eigenvalue weighted by Gasteiger charge is 2.46. The van der Waals surface area contributed by atoms with Crippen LogP contribution in [0.4, 0.5) is 5.69 Å². The lowest BCUT2D eigenvalue weighted by atomic mass is 10.1. The second kappa shape index (κ2) is 6.10. The van der Waals surface area contributed by atoms with Crippen molar-refractivity contribution >= 4 is 27.6 Å². The van der Waals surface area contributed by atoms with Crippen LogP contribution in [0.2, 0.25) is 0 Å². The molecule has 8 heteroatoms. The first-order chi connectivity index (χ1) is 11.6. The molecule has 0 aliphatic carbocycles. The number of hydrogen-bond donors (Lipinski definition) is 0. The van der Waals surface area contributed by atoms with Gasteiger partial charge in [-0.3, -0.25) is 14.5 Å². The van der Waals surface area contributed by atoms with Gasteiger partial charge in [0.05, 0.1) is 5.69 Å². The SMILES string of the molecule is CC(C)(C)OC(=O)CN1C(=O)[C@@H]2CCCN2S(=O)(=O)c2ccccc21. The maximum atomic E-state index is 13.0. The molecule has 1 aromatic rings. The van der Waals surface area contributed by atoms with Crippen molar-refractivity contribution in [1.29, 1.82) is 0 Å².